The van der Waals surface area contributed by atoms with Crippen LogP contribution in [0.1, 0.15) is 0 Å². The number of hydrogen-bond donors (Lipinski definition) is 0. The van der Waals surface area contributed by atoms with Crippen LogP contribution in [0.2, 0.25) is 0 Å². The summed E-state index contributed by atoms with van der Waals surface area (Å²) >= 11 is 0. The molecule has 10 aromatic carbocycles. The highest BCUT2D eigenvalue weighted by molar-refractivity contribution is 6.15. The predicted molar refractivity (Wildman–Crippen MR) is 248 cm³/mol. The first-order valence-corrected chi connectivity index (χ1v) is 20.2. The van der Waals surface area contributed by atoms with E-state index in [4.69, 9.17) is 9.97 Å². The summed E-state index contributed by atoms with van der Waals surface area (Å²) in [6, 6.07) is 76.2. The van der Waals surface area contributed by atoms with Crippen molar-refractivity contribution in [3.8, 4) is 50.7 Å². The molecule has 3 heteroatoms. The molecule has 0 saturated carbocycles. The molecule has 0 aliphatic heterocycles. The Morgan fingerprint density at radius 3 is 1.27 bits per heavy atom. The van der Waals surface area contributed by atoms with Crippen LogP contribution in [-0.2, 0) is 0 Å². The van der Waals surface area contributed by atoms with E-state index in [9.17, 15) is 0 Å². The monoisotopic (exact) mass is 749 g/mol. The molecular formula is C56H35N3. The van der Waals surface area contributed by atoms with E-state index in [1.165, 1.54) is 59.5 Å². The minimum absolute atomic E-state index is 0.710. The molecule has 0 saturated heterocycles. The quantitative estimate of drug-likeness (QED) is 0.164. The van der Waals surface area contributed by atoms with E-state index < -0.39 is 0 Å². The molecule has 0 atom stereocenters. The number of benzene rings is 10. The number of fused-ring (bicyclic) bond motifs is 9. The molecule has 0 aliphatic rings. The maximum atomic E-state index is 5.43. The molecule has 0 bridgehead atoms. The average molecular weight is 750 g/mol. The summed E-state index contributed by atoms with van der Waals surface area (Å²) in [5.74, 6) is 0.710. The number of para-hydroxylation sites is 2. The van der Waals surface area contributed by atoms with Gasteiger partial charge in [0.05, 0.1) is 22.4 Å². The van der Waals surface area contributed by atoms with Crippen molar-refractivity contribution < 1.29 is 0 Å². The van der Waals surface area contributed by atoms with Crippen LogP contribution >= 0.6 is 0 Å². The van der Waals surface area contributed by atoms with Crippen molar-refractivity contribution in [3.63, 3.8) is 0 Å². The lowest BCUT2D eigenvalue weighted by Crippen LogP contribution is -1.98. The molecule has 0 aliphatic carbocycles. The van der Waals surface area contributed by atoms with Gasteiger partial charge in [-0.05, 0) is 96.7 Å². The largest absolute Gasteiger partial charge is 0.309 e. The Hall–Kier alpha value is -7.88. The van der Waals surface area contributed by atoms with Gasteiger partial charge in [0.2, 0.25) is 0 Å². The number of nitrogens with zero attached hydrogens (tertiary/aromatic N) is 3. The fourth-order valence-electron chi connectivity index (χ4n) is 9.20. The third kappa shape index (κ3) is 5.44. The van der Waals surface area contributed by atoms with E-state index >= 15 is 0 Å². The van der Waals surface area contributed by atoms with Crippen LogP contribution < -0.4 is 0 Å². The lowest BCUT2D eigenvalue weighted by molar-refractivity contribution is 1.18. The third-order valence-corrected chi connectivity index (χ3v) is 12.0. The van der Waals surface area contributed by atoms with Crippen LogP contribution in [0.3, 0.4) is 0 Å². The second-order valence-corrected chi connectivity index (χ2v) is 15.3. The second kappa shape index (κ2) is 13.4. The second-order valence-electron chi connectivity index (χ2n) is 15.3. The standard InChI is InChI=1S/C56H35N3/c1-3-15-42-39(13-1)33-50(46-19-7-5-17-44(42)46)53-35-52(57-56(58-53)51-34-40-14-2-4-16-43(40)45-18-6-8-20-47(45)51)38-27-25-36(26-28-38)37-29-31-41(32-30-37)59-54-23-11-9-21-48(54)49-22-10-12-24-55(49)59/h1-35H. The number of rotatable bonds is 5. The van der Waals surface area contributed by atoms with E-state index in [0.717, 1.165) is 50.3 Å². The summed E-state index contributed by atoms with van der Waals surface area (Å²) in [7, 11) is 0. The fraction of sp³-hybridized carbons (Fsp3) is 0. The van der Waals surface area contributed by atoms with Crippen LogP contribution in [0.15, 0.2) is 212 Å². The van der Waals surface area contributed by atoms with Gasteiger partial charge in [-0.15, -0.1) is 0 Å². The van der Waals surface area contributed by atoms with Crippen molar-refractivity contribution in [1.82, 2.24) is 14.5 Å². The van der Waals surface area contributed by atoms with E-state index in [1.54, 1.807) is 0 Å². The van der Waals surface area contributed by atoms with E-state index in [-0.39, 0.29) is 0 Å². The van der Waals surface area contributed by atoms with Gasteiger partial charge < -0.3 is 4.57 Å². The van der Waals surface area contributed by atoms with E-state index in [1.807, 2.05) is 0 Å². The zero-order valence-corrected chi connectivity index (χ0v) is 32.0. The Kier molecular flexibility index (Phi) is 7.54. The summed E-state index contributed by atoms with van der Waals surface area (Å²) in [5, 5.41) is 12.1. The Bertz CT molecular complexity index is 3410. The molecule has 59 heavy (non-hydrogen) atoms. The Morgan fingerprint density at radius 1 is 0.288 bits per heavy atom. The first kappa shape index (κ1) is 33.3. The summed E-state index contributed by atoms with van der Waals surface area (Å²) in [5.41, 5.74) is 10.8. The average Bonchev–Trinajstić information content (AvgIpc) is 3.65. The van der Waals surface area contributed by atoms with Crippen molar-refractivity contribution in [3.05, 3.63) is 212 Å². The zero-order valence-electron chi connectivity index (χ0n) is 32.0. The van der Waals surface area contributed by atoms with Crippen LogP contribution in [0.5, 0.6) is 0 Å². The Balaban J connectivity index is 0.999. The molecule has 0 spiro atoms. The van der Waals surface area contributed by atoms with Crippen LogP contribution in [-0.4, -0.2) is 14.5 Å². The number of aromatic nitrogens is 3. The van der Waals surface area contributed by atoms with E-state index in [0.29, 0.717) is 5.82 Å². The van der Waals surface area contributed by atoms with E-state index in [2.05, 4.69) is 217 Å². The predicted octanol–water partition coefficient (Wildman–Crippen LogP) is 14.9. The summed E-state index contributed by atoms with van der Waals surface area (Å²) in [6.07, 6.45) is 0. The van der Waals surface area contributed by atoms with Crippen molar-refractivity contribution in [2.75, 3.05) is 0 Å². The molecular weight excluding hydrogens is 715 g/mol. The highest BCUT2D eigenvalue weighted by atomic mass is 15.0. The van der Waals surface area contributed by atoms with Gasteiger partial charge in [-0.3, -0.25) is 0 Å². The molecule has 0 fully saturated rings. The van der Waals surface area contributed by atoms with Gasteiger partial charge in [0.1, 0.15) is 0 Å². The summed E-state index contributed by atoms with van der Waals surface area (Å²) < 4.78 is 2.36. The number of hydrogen-bond acceptors (Lipinski definition) is 2. The van der Waals surface area contributed by atoms with Gasteiger partial charge in [-0.25, -0.2) is 9.97 Å². The Labute approximate surface area is 341 Å². The molecule has 12 rings (SSSR count). The van der Waals surface area contributed by atoms with Gasteiger partial charge in [0.15, 0.2) is 5.82 Å². The van der Waals surface area contributed by atoms with Crippen molar-refractivity contribution in [2.45, 2.75) is 0 Å². The molecule has 2 aromatic heterocycles. The van der Waals surface area contributed by atoms with Gasteiger partial charge in [-0.1, -0.05) is 170 Å². The molecule has 12 aromatic rings. The molecule has 0 N–H and O–H groups in total. The van der Waals surface area contributed by atoms with Crippen molar-refractivity contribution in [1.29, 1.82) is 0 Å². The maximum absolute atomic E-state index is 5.43. The highest BCUT2D eigenvalue weighted by Crippen LogP contribution is 2.39. The first-order valence-electron chi connectivity index (χ1n) is 20.2. The third-order valence-electron chi connectivity index (χ3n) is 12.0. The van der Waals surface area contributed by atoms with Crippen molar-refractivity contribution in [2.24, 2.45) is 0 Å². The summed E-state index contributed by atoms with van der Waals surface area (Å²) in [6.45, 7) is 0. The minimum atomic E-state index is 0.710. The lowest BCUT2D eigenvalue weighted by atomic mass is 9.94. The van der Waals surface area contributed by atoms with Gasteiger partial charge in [-0.2, -0.15) is 0 Å². The summed E-state index contributed by atoms with van der Waals surface area (Å²) in [4.78, 5) is 10.8. The van der Waals surface area contributed by atoms with Gasteiger partial charge >= 0.3 is 0 Å². The van der Waals surface area contributed by atoms with Crippen LogP contribution in [0.4, 0.5) is 0 Å². The Morgan fingerprint density at radius 2 is 0.695 bits per heavy atom. The van der Waals surface area contributed by atoms with Crippen molar-refractivity contribution >= 4 is 64.9 Å². The fourth-order valence-corrected chi connectivity index (χ4v) is 9.20. The van der Waals surface area contributed by atoms with Gasteiger partial charge in [0.25, 0.3) is 0 Å². The molecule has 0 radical (unpaired) electrons. The topological polar surface area (TPSA) is 30.7 Å². The van der Waals surface area contributed by atoms with Gasteiger partial charge in [0, 0.05) is 33.2 Å². The SMILES string of the molecule is c1ccc2c(c1)cc(-c1cc(-c3ccc(-c4ccc(-n5c6ccccc6c6ccccc65)cc4)cc3)nc(-c3cc4ccccc4c4ccccc34)n1)c1ccccc12. The van der Waals surface area contributed by atoms with Crippen LogP contribution in [0, 0.1) is 0 Å². The highest BCUT2D eigenvalue weighted by Gasteiger charge is 2.18. The molecule has 3 nitrogen and oxygen atoms in total. The maximum Gasteiger partial charge on any atom is 0.161 e. The normalized spacial score (nSPS) is 11.7. The zero-order chi connectivity index (χ0) is 38.9. The molecule has 2 heterocycles. The lowest BCUT2D eigenvalue weighted by Gasteiger charge is -2.15. The van der Waals surface area contributed by atoms with Crippen LogP contribution in [0.25, 0.3) is 116 Å². The molecule has 0 amide bonds. The molecule has 274 valence electrons. The minimum Gasteiger partial charge on any atom is -0.309 e. The smallest absolute Gasteiger partial charge is 0.161 e. The molecule has 0 unspecified atom stereocenters. The first-order chi connectivity index (χ1) is 29.2.